The van der Waals surface area contributed by atoms with Crippen LogP contribution in [0.3, 0.4) is 0 Å². The molecule has 0 fully saturated rings. The van der Waals surface area contributed by atoms with E-state index >= 15 is 0 Å². The van der Waals surface area contributed by atoms with Crippen molar-refractivity contribution in [3.8, 4) is 0 Å². The van der Waals surface area contributed by atoms with Crippen molar-refractivity contribution in [3.63, 3.8) is 0 Å². The van der Waals surface area contributed by atoms with Gasteiger partial charge in [-0.15, -0.1) is 0 Å². The van der Waals surface area contributed by atoms with Crippen LogP contribution < -0.4 is 0 Å². The van der Waals surface area contributed by atoms with Crippen LogP contribution in [-0.2, 0) is 13.0 Å². The molecule has 0 aliphatic heterocycles. The number of rotatable bonds is 1. The van der Waals surface area contributed by atoms with Crippen molar-refractivity contribution >= 4 is 0 Å². The Bertz CT molecular complexity index is 224. The first-order valence-corrected chi connectivity index (χ1v) is 2.87. The van der Waals surface area contributed by atoms with Crippen LogP contribution in [0, 0.1) is 0 Å². The van der Waals surface area contributed by atoms with Crippen LogP contribution >= 0.6 is 0 Å². The van der Waals surface area contributed by atoms with Gasteiger partial charge in [-0.3, -0.25) is 0 Å². The molecule has 0 bridgehead atoms. The Morgan fingerprint density at radius 3 is 2.40 bits per heavy atom. The molecule has 0 radical (unpaired) electrons. The molecule has 0 amide bonds. The second kappa shape index (κ2) is 2.04. The van der Waals surface area contributed by atoms with E-state index in [9.17, 15) is 8.78 Å². The van der Waals surface area contributed by atoms with Gasteiger partial charge in [0.15, 0.2) is 5.82 Å². The maximum atomic E-state index is 12.5. The van der Waals surface area contributed by atoms with Crippen molar-refractivity contribution in [1.82, 2.24) is 9.55 Å². The monoisotopic (exact) mass is 146 g/mol. The Morgan fingerprint density at radius 1 is 1.60 bits per heavy atom. The van der Waals surface area contributed by atoms with Crippen LogP contribution in [0.4, 0.5) is 8.78 Å². The lowest BCUT2D eigenvalue weighted by molar-refractivity contribution is 0.00504. The summed E-state index contributed by atoms with van der Waals surface area (Å²) in [7, 11) is 1.54. The molecule has 0 unspecified atom stereocenters. The Balaban J connectivity index is 3.05. The van der Waals surface area contributed by atoms with Crippen molar-refractivity contribution in [2.45, 2.75) is 12.8 Å². The fourth-order valence-electron chi connectivity index (χ4n) is 0.789. The maximum Gasteiger partial charge on any atom is 0.302 e. The largest absolute Gasteiger partial charge is 0.333 e. The van der Waals surface area contributed by atoms with Gasteiger partial charge in [0.05, 0.1) is 0 Å². The number of nitrogens with zero attached hydrogens (tertiary/aromatic N) is 2. The summed E-state index contributed by atoms with van der Waals surface area (Å²) in [6, 6.07) is 0. The number of aromatic nitrogens is 2. The molecular formula is C6H8F2N2. The van der Waals surface area contributed by atoms with E-state index in [1.165, 1.54) is 17.0 Å². The van der Waals surface area contributed by atoms with Crippen LogP contribution in [0.5, 0.6) is 0 Å². The molecule has 0 aliphatic carbocycles. The van der Waals surface area contributed by atoms with E-state index in [1.54, 1.807) is 7.05 Å². The number of aryl methyl sites for hydroxylation is 1. The standard InChI is InChI=1S/C6H8F2N2/c1-6(7,8)5-9-3-4-10(5)2/h3-4H,1-2H3. The zero-order valence-corrected chi connectivity index (χ0v) is 5.81. The summed E-state index contributed by atoms with van der Waals surface area (Å²) >= 11 is 0. The third-order valence-corrected chi connectivity index (χ3v) is 1.21. The normalized spacial score (nSPS) is 12.0. The van der Waals surface area contributed by atoms with Crippen molar-refractivity contribution in [3.05, 3.63) is 18.2 Å². The van der Waals surface area contributed by atoms with Gasteiger partial charge in [0.1, 0.15) is 0 Å². The van der Waals surface area contributed by atoms with E-state index in [-0.39, 0.29) is 5.82 Å². The fourth-order valence-corrected chi connectivity index (χ4v) is 0.789. The highest BCUT2D eigenvalue weighted by Gasteiger charge is 2.28. The summed E-state index contributed by atoms with van der Waals surface area (Å²) < 4.78 is 26.2. The van der Waals surface area contributed by atoms with Gasteiger partial charge in [-0.1, -0.05) is 0 Å². The zero-order valence-electron chi connectivity index (χ0n) is 5.81. The van der Waals surface area contributed by atoms with Crippen LogP contribution in [0.2, 0.25) is 0 Å². The molecule has 56 valence electrons. The number of halogens is 2. The van der Waals surface area contributed by atoms with Crippen molar-refractivity contribution < 1.29 is 8.78 Å². The van der Waals surface area contributed by atoms with Crippen molar-refractivity contribution in [2.24, 2.45) is 7.05 Å². The van der Waals surface area contributed by atoms with Gasteiger partial charge in [0.25, 0.3) is 0 Å². The molecule has 0 N–H and O–H groups in total. The summed E-state index contributed by atoms with van der Waals surface area (Å²) in [5.41, 5.74) is 0. The van der Waals surface area contributed by atoms with E-state index in [0.29, 0.717) is 0 Å². The molecule has 1 heterocycles. The Labute approximate surface area is 57.5 Å². The van der Waals surface area contributed by atoms with Gasteiger partial charge in [-0.05, 0) is 0 Å². The molecule has 0 aliphatic rings. The summed E-state index contributed by atoms with van der Waals surface area (Å²) in [4.78, 5) is 3.50. The summed E-state index contributed by atoms with van der Waals surface area (Å²) in [5, 5.41) is 0. The third kappa shape index (κ3) is 1.15. The number of imidazole rings is 1. The number of hydrogen-bond acceptors (Lipinski definition) is 1. The highest BCUT2D eigenvalue weighted by atomic mass is 19.3. The SMILES string of the molecule is Cn1ccnc1C(C)(F)F. The van der Waals surface area contributed by atoms with Crippen LogP contribution in [-0.4, -0.2) is 9.55 Å². The van der Waals surface area contributed by atoms with E-state index in [0.717, 1.165) is 6.92 Å². The number of alkyl halides is 2. The average molecular weight is 146 g/mol. The van der Waals surface area contributed by atoms with E-state index in [1.807, 2.05) is 0 Å². The Morgan fingerprint density at radius 2 is 2.20 bits per heavy atom. The molecule has 0 saturated heterocycles. The van der Waals surface area contributed by atoms with Gasteiger partial charge in [-0.2, -0.15) is 8.78 Å². The molecule has 4 heteroatoms. The molecule has 0 atom stereocenters. The first-order valence-electron chi connectivity index (χ1n) is 2.87. The van der Waals surface area contributed by atoms with Crippen LogP contribution in [0.1, 0.15) is 12.7 Å². The second-order valence-electron chi connectivity index (χ2n) is 2.25. The predicted octanol–water partition coefficient (Wildman–Crippen LogP) is 1.53. The molecule has 1 rings (SSSR count). The highest BCUT2D eigenvalue weighted by Crippen LogP contribution is 2.23. The summed E-state index contributed by atoms with van der Waals surface area (Å²) in [6.45, 7) is 0.829. The van der Waals surface area contributed by atoms with Gasteiger partial charge >= 0.3 is 5.92 Å². The van der Waals surface area contributed by atoms with Crippen molar-refractivity contribution in [1.29, 1.82) is 0 Å². The molecule has 0 aromatic carbocycles. The molecule has 10 heavy (non-hydrogen) atoms. The lowest BCUT2D eigenvalue weighted by atomic mass is 10.4. The van der Waals surface area contributed by atoms with Crippen molar-refractivity contribution in [2.75, 3.05) is 0 Å². The van der Waals surface area contributed by atoms with Gasteiger partial charge in [0.2, 0.25) is 0 Å². The Hall–Kier alpha value is -0.930. The molecule has 1 aromatic heterocycles. The summed E-state index contributed by atoms with van der Waals surface area (Å²) in [5.74, 6) is -3.04. The highest BCUT2D eigenvalue weighted by molar-refractivity contribution is 4.97. The number of hydrogen-bond donors (Lipinski definition) is 0. The minimum atomic E-state index is -2.84. The first-order chi connectivity index (χ1) is 4.52. The van der Waals surface area contributed by atoms with E-state index in [2.05, 4.69) is 4.98 Å². The maximum absolute atomic E-state index is 12.5. The van der Waals surface area contributed by atoms with Gasteiger partial charge in [0, 0.05) is 26.4 Å². The smallest absolute Gasteiger partial charge is 0.302 e. The summed E-state index contributed by atoms with van der Waals surface area (Å²) in [6.07, 6.45) is 2.85. The van der Waals surface area contributed by atoms with Crippen LogP contribution in [0.25, 0.3) is 0 Å². The van der Waals surface area contributed by atoms with Gasteiger partial charge in [-0.25, -0.2) is 4.98 Å². The first kappa shape index (κ1) is 7.18. The minimum absolute atomic E-state index is 0.201. The molecule has 2 nitrogen and oxygen atoms in total. The average Bonchev–Trinajstić information content (AvgIpc) is 2.11. The van der Waals surface area contributed by atoms with Crippen LogP contribution in [0.15, 0.2) is 12.4 Å². The lowest BCUT2D eigenvalue weighted by Gasteiger charge is -2.08. The second-order valence-corrected chi connectivity index (χ2v) is 2.25. The quantitative estimate of drug-likeness (QED) is 0.587. The predicted molar refractivity (Wildman–Crippen MR) is 32.8 cm³/mol. The molecular weight excluding hydrogens is 138 g/mol. The third-order valence-electron chi connectivity index (χ3n) is 1.21. The lowest BCUT2D eigenvalue weighted by Crippen LogP contribution is -2.13. The van der Waals surface area contributed by atoms with Gasteiger partial charge < -0.3 is 4.57 Å². The molecule has 1 aromatic rings. The minimum Gasteiger partial charge on any atom is -0.333 e. The fraction of sp³-hybridized carbons (Fsp3) is 0.500. The molecule has 0 spiro atoms. The van der Waals surface area contributed by atoms with E-state index in [4.69, 9.17) is 0 Å². The molecule has 0 saturated carbocycles. The Kier molecular flexibility index (Phi) is 1.46. The van der Waals surface area contributed by atoms with E-state index < -0.39 is 5.92 Å². The zero-order chi connectivity index (χ0) is 7.78. The topological polar surface area (TPSA) is 17.8 Å².